The molecule has 0 fully saturated rings. The van der Waals surface area contributed by atoms with Gasteiger partial charge >= 0.3 is 0 Å². The summed E-state index contributed by atoms with van der Waals surface area (Å²) in [5, 5.41) is 6.55. The number of hydrogen-bond donors (Lipinski definition) is 2. The molecular formula is C20H19ClN4O3. The maximum Gasteiger partial charge on any atom is 0.271 e. The van der Waals surface area contributed by atoms with Crippen LogP contribution in [-0.2, 0) is 6.54 Å². The van der Waals surface area contributed by atoms with Gasteiger partial charge < -0.3 is 20.1 Å². The predicted octanol–water partition coefficient (Wildman–Crippen LogP) is 3.82. The van der Waals surface area contributed by atoms with E-state index in [1.54, 1.807) is 38.5 Å². The van der Waals surface area contributed by atoms with Crippen molar-refractivity contribution in [2.24, 2.45) is 0 Å². The minimum absolute atomic E-state index is 0.223. The quantitative estimate of drug-likeness (QED) is 0.629. The lowest BCUT2D eigenvalue weighted by molar-refractivity contribution is 0.0945. The molecule has 0 aliphatic carbocycles. The molecule has 0 saturated carbocycles. The van der Waals surface area contributed by atoms with Crippen molar-refractivity contribution >= 4 is 29.0 Å². The summed E-state index contributed by atoms with van der Waals surface area (Å²) in [6, 6.07) is 12.6. The molecule has 0 aliphatic rings. The number of aromatic nitrogens is 2. The minimum Gasteiger partial charge on any atom is -0.497 e. The second kappa shape index (κ2) is 9.05. The Kier molecular flexibility index (Phi) is 6.29. The van der Waals surface area contributed by atoms with Crippen LogP contribution < -0.4 is 20.1 Å². The maximum absolute atomic E-state index is 12.2. The van der Waals surface area contributed by atoms with Crippen LogP contribution in [0, 0.1) is 0 Å². The first-order valence-corrected chi connectivity index (χ1v) is 8.80. The van der Waals surface area contributed by atoms with Crippen molar-refractivity contribution < 1.29 is 14.3 Å². The SMILES string of the molecule is COc1ccc(Nc2cnc(C(=O)NCc3ccc(Cl)cc3)cn2)c(OC)c1. The smallest absolute Gasteiger partial charge is 0.271 e. The third-order valence-electron chi connectivity index (χ3n) is 3.92. The molecule has 0 saturated heterocycles. The molecule has 7 nitrogen and oxygen atoms in total. The monoisotopic (exact) mass is 398 g/mol. The Morgan fingerprint density at radius 3 is 2.46 bits per heavy atom. The van der Waals surface area contributed by atoms with Gasteiger partial charge in [-0.25, -0.2) is 9.97 Å². The summed E-state index contributed by atoms with van der Waals surface area (Å²) in [7, 11) is 3.16. The average Bonchev–Trinajstić information content (AvgIpc) is 2.74. The van der Waals surface area contributed by atoms with E-state index in [-0.39, 0.29) is 11.6 Å². The van der Waals surface area contributed by atoms with Gasteiger partial charge in [-0.05, 0) is 29.8 Å². The van der Waals surface area contributed by atoms with Crippen molar-refractivity contribution in [3.05, 3.63) is 71.1 Å². The van der Waals surface area contributed by atoms with Crippen molar-refractivity contribution in [2.45, 2.75) is 6.54 Å². The first-order valence-electron chi connectivity index (χ1n) is 8.43. The van der Waals surface area contributed by atoms with Gasteiger partial charge in [-0.3, -0.25) is 4.79 Å². The van der Waals surface area contributed by atoms with E-state index in [1.165, 1.54) is 12.4 Å². The Bertz CT molecular complexity index is 947. The van der Waals surface area contributed by atoms with Gasteiger partial charge in [0.25, 0.3) is 5.91 Å². The fourth-order valence-corrected chi connectivity index (χ4v) is 2.55. The van der Waals surface area contributed by atoms with Crippen LogP contribution in [0.2, 0.25) is 5.02 Å². The van der Waals surface area contributed by atoms with Gasteiger partial charge in [0.2, 0.25) is 0 Å². The van der Waals surface area contributed by atoms with Crippen LogP contribution in [0.5, 0.6) is 11.5 Å². The van der Waals surface area contributed by atoms with Crippen molar-refractivity contribution in [2.75, 3.05) is 19.5 Å². The van der Waals surface area contributed by atoms with E-state index in [0.29, 0.717) is 34.6 Å². The van der Waals surface area contributed by atoms with Crippen LogP contribution in [0.4, 0.5) is 11.5 Å². The average molecular weight is 399 g/mol. The number of anilines is 2. The zero-order valence-electron chi connectivity index (χ0n) is 15.4. The Labute approximate surface area is 167 Å². The Morgan fingerprint density at radius 1 is 1.04 bits per heavy atom. The molecule has 1 aromatic heterocycles. The number of hydrogen-bond acceptors (Lipinski definition) is 6. The van der Waals surface area contributed by atoms with Crippen LogP contribution in [-0.4, -0.2) is 30.1 Å². The molecule has 1 heterocycles. The standard InChI is InChI=1S/C20H19ClN4O3/c1-27-15-7-8-16(18(9-15)28-2)25-19-12-22-17(11-23-19)20(26)24-10-13-3-5-14(21)6-4-13/h3-9,11-12H,10H2,1-2H3,(H,23,25)(H,24,26). The van der Waals surface area contributed by atoms with Crippen LogP contribution >= 0.6 is 11.6 Å². The zero-order chi connectivity index (χ0) is 19.9. The number of nitrogens with zero attached hydrogens (tertiary/aromatic N) is 2. The highest BCUT2D eigenvalue weighted by atomic mass is 35.5. The number of rotatable bonds is 7. The largest absolute Gasteiger partial charge is 0.497 e. The first-order chi connectivity index (χ1) is 13.6. The van der Waals surface area contributed by atoms with Gasteiger partial charge in [-0.1, -0.05) is 23.7 Å². The molecule has 0 bridgehead atoms. The van der Waals surface area contributed by atoms with Gasteiger partial charge in [0.1, 0.15) is 23.0 Å². The van der Waals surface area contributed by atoms with E-state index in [9.17, 15) is 4.79 Å². The number of amides is 1. The van der Waals surface area contributed by atoms with Gasteiger partial charge in [-0.2, -0.15) is 0 Å². The number of carbonyl (C=O) groups excluding carboxylic acids is 1. The van der Waals surface area contributed by atoms with E-state index in [0.717, 1.165) is 5.56 Å². The summed E-state index contributed by atoms with van der Waals surface area (Å²) >= 11 is 5.85. The normalized spacial score (nSPS) is 10.2. The van der Waals surface area contributed by atoms with Crippen molar-refractivity contribution in [1.82, 2.24) is 15.3 Å². The van der Waals surface area contributed by atoms with Crippen molar-refractivity contribution in [3.8, 4) is 11.5 Å². The molecule has 2 aromatic carbocycles. The Hall–Kier alpha value is -3.32. The third kappa shape index (κ3) is 4.89. The molecular weight excluding hydrogens is 380 g/mol. The van der Waals surface area contributed by atoms with Gasteiger partial charge in [0, 0.05) is 17.6 Å². The third-order valence-corrected chi connectivity index (χ3v) is 4.17. The summed E-state index contributed by atoms with van der Waals surface area (Å²) in [5.74, 6) is 1.46. The molecule has 28 heavy (non-hydrogen) atoms. The molecule has 0 radical (unpaired) electrons. The van der Waals surface area contributed by atoms with Gasteiger partial charge in [0.05, 0.1) is 32.3 Å². The van der Waals surface area contributed by atoms with Gasteiger partial charge in [0.15, 0.2) is 0 Å². The molecule has 0 unspecified atom stereocenters. The molecule has 0 spiro atoms. The number of halogens is 1. The summed E-state index contributed by atoms with van der Waals surface area (Å²) in [6.45, 7) is 0.376. The topological polar surface area (TPSA) is 85.4 Å². The Morgan fingerprint density at radius 2 is 1.82 bits per heavy atom. The maximum atomic E-state index is 12.2. The number of benzene rings is 2. The Balaban J connectivity index is 1.63. The van der Waals surface area contributed by atoms with E-state index >= 15 is 0 Å². The molecule has 0 atom stereocenters. The van der Waals surface area contributed by atoms with Crippen molar-refractivity contribution in [1.29, 1.82) is 0 Å². The lowest BCUT2D eigenvalue weighted by atomic mass is 10.2. The van der Waals surface area contributed by atoms with E-state index in [1.807, 2.05) is 18.2 Å². The number of nitrogens with one attached hydrogen (secondary N) is 2. The van der Waals surface area contributed by atoms with Crippen LogP contribution in [0.25, 0.3) is 0 Å². The highest BCUT2D eigenvalue weighted by Crippen LogP contribution is 2.30. The van der Waals surface area contributed by atoms with E-state index in [2.05, 4.69) is 20.6 Å². The lowest BCUT2D eigenvalue weighted by Crippen LogP contribution is -2.24. The van der Waals surface area contributed by atoms with E-state index < -0.39 is 0 Å². The van der Waals surface area contributed by atoms with E-state index in [4.69, 9.17) is 21.1 Å². The van der Waals surface area contributed by atoms with Crippen LogP contribution in [0.15, 0.2) is 54.9 Å². The number of methoxy groups -OCH3 is 2. The van der Waals surface area contributed by atoms with Gasteiger partial charge in [-0.15, -0.1) is 0 Å². The second-order valence-electron chi connectivity index (χ2n) is 5.79. The predicted molar refractivity (Wildman–Crippen MR) is 107 cm³/mol. The molecule has 3 rings (SSSR count). The lowest BCUT2D eigenvalue weighted by Gasteiger charge is -2.12. The summed E-state index contributed by atoms with van der Waals surface area (Å²) in [5.41, 5.74) is 1.87. The molecule has 0 aliphatic heterocycles. The van der Waals surface area contributed by atoms with Crippen LogP contribution in [0.3, 0.4) is 0 Å². The van der Waals surface area contributed by atoms with Crippen LogP contribution in [0.1, 0.15) is 16.1 Å². The number of carbonyl (C=O) groups is 1. The highest BCUT2D eigenvalue weighted by molar-refractivity contribution is 6.30. The molecule has 2 N–H and O–H groups in total. The fourth-order valence-electron chi connectivity index (χ4n) is 2.42. The molecule has 1 amide bonds. The highest BCUT2D eigenvalue weighted by Gasteiger charge is 2.10. The first kappa shape index (κ1) is 19.4. The molecule has 3 aromatic rings. The fraction of sp³-hybridized carbons (Fsp3) is 0.150. The molecule has 144 valence electrons. The summed E-state index contributed by atoms with van der Waals surface area (Å²) in [4.78, 5) is 20.6. The van der Waals surface area contributed by atoms with Crippen molar-refractivity contribution in [3.63, 3.8) is 0 Å². The summed E-state index contributed by atoms with van der Waals surface area (Å²) < 4.78 is 10.5. The zero-order valence-corrected chi connectivity index (χ0v) is 16.2. The summed E-state index contributed by atoms with van der Waals surface area (Å²) in [6.07, 6.45) is 2.90. The number of ether oxygens (including phenoxy) is 2. The minimum atomic E-state index is -0.309. The molecule has 8 heteroatoms. The second-order valence-corrected chi connectivity index (χ2v) is 6.22.